The van der Waals surface area contributed by atoms with Gasteiger partial charge in [0.2, 0.25) is 5.95 Å². The van der Waals surface area contributed by atoms with Gasteiger partial charge in [0.25, 0.3) is 0 Å². The zero-order chi connectivity index (χ0) is 23.5. The number of morpholine rings is 1. The molecule has 8 nitrogen and oxygen atoms in total. The zero-order valence-corrected chi connectivity index (χ0v) is 20.2. The molecule has 0 aliphatic carbocycles. The number of fused-ring (bicyclic) bond motifs is 2. The van der Waals surface area contributed by atoms with Crippen LogP contribution in [0.2, 0.25) is 0 Å². The Morgan fingerprint density at radius 1 is 1.15 bits per heavy atom. The summed E-state index contributed by atoms with van der Waals surface area (Å²) in [7, 11) is 4.17. The lowest BCUT2D eigenvalue weighted by Gasteiger charge is -2.30. The highest BCUT2D eigenvalue weighted by atomic mass is 16.5. The fraction of sp³-hybridized carbons (Fsp3) is 0.423. The molecule has 2 bridgehead atoms. The normalized spacial score (nSPS) is 19.1. The maximum Gasteiger partial charge on any atom is 0.227 e. The van der Waals surface area contributed by atoms with Crippen molar-refractivity contribution >= 4 is 23.1 Å². The van der Waals surface area contributed by atoms with Crippen LogP contribution in [-0.4, -0.2) is 72.3 Å². The van der Waals surface area contributed by atoms with E-state index >= 15 is 0 Å². The standard InChI is InChI=1S/C26H33N7O/c1-18-13-20(6-7-24(18)33-16-22-14-21(33)17-34-22)30-26-28-11-9-23(31-26)19-5-8-25(29-15-19)27-10-4-12-32(2)3/h5-9,11,13,15,21-22H,4,10,12,14,16-17H2,1-3H3,(H,27,29)(H,28,30,31). The number of aryl methyl sites for hydroxylation is 1. The summed E-state index contributed by atoms with van der Waals surface area (Å²) in [6.07, 6.45) is 6.24. The van der Waals surface area contributed by atoms with E-state index < -0.39 is 0 Å². The number of pyridine rings is 1. The maximum atomic E-state index is 5.75. The van der Waals surface area contributed by atoms with Crippen LogP contribution in [0.15, 0.2) is 48.8 Å². The van der Waals surface area contributed by atoms with E-state index in [0.29, 0.717) is 18.1 Å². The number of nitrogens with one attached hydrogen (secondary N) is 2. The van der Waals surface area contributed by atoms with Gasteiger partial charge in [0.05, 0.1) is 24.4 Å². The van der Waals surface area contributed by atoms with Crippen LogP contribution in [0, 0.1) is 6.92 Å². The van der Waals surface area contributed by atoms with Gasteiger partial charge in [-0.05, 0) is 82.4 Å². The van der Waals surface area contributed by atoms with Crippen LogP contribution in [-0.2, 0) is 4.74 Å². The van der Waals surface area contributed by atoms with Crippen molar-refractivity contribution in [3.63, 3.8) is 0 Å². The van der Waals surface area contributed by atoms with Gasteiger partial charge < -0.3 is 25.2 Å². The minimum Gasteiger partial charge on any atom is -0.374 e. The van der Waals surface area contributed by atoms with E-state index in [0.717, 1.165) is 61.8 Å². The van der Waals surface area contributed by atoms with Crippen molar-refractivity contribution in [2.75, 3.05) is 55.9 Å². The average molecular weight is 460 g/mol. The molecule has 2 aromatic heterocycles. The average Bonchev–Trinajstić information content (AvgIpc) is 3.46. The zero-order valence-electron chi connectivity index (χ0n) is 20.2. The molecule has 0 amide bonds. The first-order chi connectivity index (χ1) is 16.5. The minimum absolute atomic E-state index is 0.390. The molecule has 2 N–H and O–H groups in total. The number of ether oxygens (including phenoxy) is 1. The van der Waals surface area contributed by atoms with E-state index in [9.17, 15) is 0 Å². The van der Waals surface area contributed by atoms with Gasteiger partial charge in [-0.1, -0.05) is 0 Å². The molecule has 0 saturated carbocycles. The van der Waals surface area contributed by atoms with Crippen LogP contribution in [0.25, 0.3) is 11.3 Å². The van der Waals surface area contributed by atoms with E-state index in [2.05, 4.69) is 69.6 Å². The van der Waals surface area contributed by atoms with Crippen LogP contribution in [0.3, 0.4) is 0 Å². The van der Waals surface area contributed by atoms with E-state index in [1.54, 1.807) is 6.20 Å². The number of rotatable bonds is 9. The summed E-state index contributed by atoms with van der Waals surface area (Å²) >= 11 is 0. The summed E-state index contributed by atoms with van der Waals surface area (Å²) in [5.41, 5.74) is 5.31. The molecular formula is C26H33N7O. The quantitative estimate of drug-likeness (QED) is 0.466. The van der Waals surface area contributed by atoms with Gasteiger partial charge in [-0.15, -0.1) is 0 Å². The highest BCUT2D eigenvalue weighted by Gasteiger charge is 2.39. The Kier molecular flexibility index (Phi) is 6.60. The fourth-order valence-corrected chi connectivity index (χ4v) is 4.72. The lowest BCUT2D eigenvalue weighted by atomic mass is 10.1. The Bertz CT molecular complexity index is 1120. The molecule has 34 heavy (non-hydrogen) atoms. The molecule has 2 atom stereocenters. The first kappa shape index (κ1) is 22.6. The predicted octanol–water partition coefficient (Wildman–Crippen LogP) is 3.93. The lowest BCUT2D eigenvalue weighted by Crippen LogP contribution is -2.37. The molecular weight excluding hydrogens is 426 g/mol. The number of hydrogen-bond acceptors (Lipinski definition) is 8. The van der Waals surface area contributed by atoms with Crippen molar-refractivity contribution < 1.29 is 4.74 Å². The second-order valence-corrected chi connectivity index (χ2v) is 9.40. The molecule has 0 spiro atoms. The number of anilines is 4. The van der Waals surface area contributed by atoms with Gasteiger partial charge in [0.1, 0.15) is 5.82 Å². The van der Waals surface area contributed by atoms with Crippen molar-refractivity contribution in [3.05, 3.63) is 54.4 Å². The van der Waals surface area contributed by atoms with E-state index in [1.807, 2.05) is 24.4 Å². The fourth-order valence-electron chi connectivity index (χ4n) is 4.72. The van der Waals surface area contributed by atoms with Crippen molar-refractivity contribution in [3.8, 4) is 11.3 Å². The molecule has 0 radical (unpaired) electrons. The van der Waals surface area contributed by atoms with Crippen LogP contribution in [0.5, 0.6) is 0 Å². The molecule has 4 heterocycles. The molecule has 178 valence electrons. The summed E-state index contributed by atoms with van der Waals surface area (Å²) in [6.45, 7) is 5.94. The molecule has 2 fully saturated rings. The van der Waals surface area contributed by atoms with Crippen LogP contribution >= 0.6 is 0 Å². The van der Waals surface area contributed by atoms with Gasteiger partial charge >= 0.3 is 0 Å². The second kappa shape index (κ2) is 9.95. The summed E-state index contributed by atoms with van der Waals surface area (Å²) in [6, 6.07) is 12.9. The summed E-state index contributed by atoms with van der Waals surface area (Å²) in [4.78, 5) is 18.3. The molecule has 2 aliphatic heterocycles. The van der Waals surface area contributed by atoms with Gasteiger partial charge in [-0.3, -0.25) is 0 Å². The highest BCUT2D eigenvalue weighted by molar-refractivity contribution is 5.66. The highest BCUT2D eigenvalue weighted by Crippen LogP contribution is 2.35. The third-order valence-corrected chi connectivity index (χ3v) is 6.47. The van der Waals surface area contributed by atoms with Crippen molar-refractivity contribution in [1.82, 2.24) is 19.9 Å². The monoisotopic (exact) mass is 459 g/mol. The Morgan fingerprint density at radius 3 is 2.76 bits per heavy atom. The SMILES string of the molecule is Cc1cc(Nc2nccc(-c3ccc(NCCCN(C)C)nc3)n2)ccc1N1CC2CC1CO2. The summed E-state index contributed by atoms with van der Waals surface area (Å²) < 4.78 is 5.75. The van der Waals surface area contributed by atoms with Gasteiger partial charge in [0, 0.05) is 42.4 Å². The predicted molar refractivity (Wildman–Crippen MR) is 137 cm³/mol. The number of nitrogens with zero attached hydrogens (tertiary/aromatic N) is 5. The lowest BCUT2D eigenvalue weighted by molar-refractivity contribution is 0.0991. The van der Waals surface area contributed by atoms with Gasteiger partial charge in [-0.25, -0.2) is 15.0 Å². The number of aromatic nitrogens is 3. The van der Waals surface area contributed by atoms with Crippen molar-refractivity contribution in [2.45, 2.75) is 31.9 Å². The van der Waals surface area contributed by atoms with Crippen LogP contribution in [0.1, 0.15) is 18.4 Å². The second-order valence-electron chi connectivity index (χ2n) is 9.40. The van der Waals surface area contributed by atoms with Crippen LogP contribution in [0.4, 0.5) is 23.1 Å². The van der Waals surface area contributed by atoms with Crippen molar-refractivity contribution in [1.29, 1.82) is 0 Å². The first-order valence-corrected chi connectivity index (χ1v) is 12.0. The number of benzene rings is 1. The Morgan fingerprint density at radius 2 is 2.06 bits per heavy atom. The molecule has 2 aliphatic rings. The first-order valence-electron chi connectivity index (χ1n) is 12.0. The third-order valence-electron chi connectivity index (χ3n) is 6.47. The Balaban J connectivity index is 1.22. The smallest absolute Gasteiger partial charge is 0.227 e. The van der Waals surface area contributed by atoms with E-state index in [-0.39, 0.29) is 0 Å². The van der Waals surface area contributed by atoms with Gasteiger partial charge in [0.15, 0.2) is 0 Å². The third kappa shape index (κ3) is 5.13. The van der Waals surface area contributed by atoms with E-state index in [1.165, 1.54) is 11.3 Å². The Labute approximate surface area is 201 Å². The molecule has 1 aromatic carbocycles. The summed E-state index contributed by atoms with van der Waals surface area (Å²) in [5.74, 6) is 1.45. The maximum absolute atomic E-state index is 5.75. The molecule has 3 aromatic rings. The number of hydrogen-bond donors (Lipinski definition) is 2. The van der Waals surface area contributed by atoms with E-state index in [4.69, 9.17) is 9.72 Å². The molecule has 5 rings (SSSR count). The summed E-state index contributed by atoms with van der Waals surface area (Å²) in [5, 5.41) is 6.73. The molecule has 8 heteroatoms. The molecule has 2 saturated heterocycles. The van der Waals surface area contributed by atoms with Crippen LogP contribution < -0.4 is 15.5 Å². The van der Waals surface area contributed by atoms with Crippen molar-refractivity contribution in [2.24, 2.45) is 0 Å². The van der Waals surface area contributed by atoms with Gasteiger partial charge in [-0.2, -0.15) is 0 Å². The topological polar surface area (TPSA) is 78.4 Å². The Hall–Kier alpha value is -3.23. The largest absolute Gasteiger partial charge is 0.374 e. The molecule has 2 unspecified atom stereocenters. The minimum atomic E-state index is 0.390.